The lowest BCUT2D eigenvalue weighted by Gasteiger charge is -2.15. The van der Waals surface area contributed by atoms with Crippen LogP contribution in [0.15, 0.2) is 29.3 Å². The van der Waals surface area contributed by atoms with E-state index in [0.29, 0.717) is 5.90 Å². The molecule has 2 unspecified atom stereocenters. The van der Waals surface area contributed by atoms with Crippen molar-refractivity contribution in [1.29, 1.82) is 0 Å². The first-order valence-corrected chi connectivity index (χ1v) is 5.18. The van der Waals surface area contributed by atoms with Gasteiger partial charge in [0.2, 0.25) is 0 Å². The molecule has 17 heavy (non-hydrogen) atoms. The van der Waals surface area contributed by atoms with E-state index in [1.165, 1.54) is 12.1 Å². The highest BCUT2D eigenvalue weighted by molar-refractivity contribution is 5.75. The van der Waals surface area contributed by atoms with E-state index >= 15 is 0 Å². The van der Waals surface area contributed by atoms with Crippen molar-refractivity contribution < 1.29 is 14.8 Å². The number of nitrogens with zero attached hydrogens (tertiary/aromatic N) is 2. The summed E-state index contributed by atoms with van der Waals surface area (Å²) in [4.78, 5) is 14.2. The first-order chi connectivity index (χ1) is 8.11. The van der Waals surface area contributed by atoms with E-state index in [0.717, 1.165) is 5.56 Å². The fraction of sp³-hybridized carbons (Fsp3) is 0.364. The summed E-state index contributed by atoms with van der Waals surface area (Å²) < 4.78 is 5.47. The maximum Gasteiger partial charge on any atom is 0.269 e. The Labute approximate surface area is 97.7 Å². The maximum atomic E-state index is 10.5. The van der Waals surface area contributed by atoms with Crippen LogP contribution in [-0.4, -0.2) is 28.6 Å². The third kappa shape index (κ3) is 2.26. The minimum absolute atomic E-state index is 0.0323. The van der Waals surface area contributed by atoms with Crippen LogP contribution in [-0.2, 0) is 4.74 Å². The minimum Gasteiger partial charge on any atom is -0.471 e. The molecule has 0 spiro atoms. The van der Waals surface area contributed by atoms with Gasteiger partial charge >= 0.3 is 0 Å². The number of nitro benzene ring substituents is 1. The molecule has 1 aromatic carbocycles. The van der Waals surface area contributed by atoms with Crippen molar-refractivity contribution in [1.82, 2.24) is 0 Å². The van der Waals surface area contributed by atoms with E-state index in [1.54, 1.807) is 19.1 Å². The lowest BCUT2D eigenvalue weighted by Crippen LogP contribution is -2.17. The lowest BCUT2D eigenvalue weighted by atomic mass is 10.0. The SMILES string of the molecule is CC1=NC(CO)C(c2ccc([N+](=O)[O-])cc2)O1. The zero-order valence-electron chi connectivity index (χ0n) is 9.24. The number of hydrogen-bond donors (Lipinski definition) is 1. The molecular formula is C11H12N2O4. The largest absolute Gasteiger partial charge is 0.471 e. The van der Waals surface area contributed by atoms with Crippen LogP contribution in [0, 0.1) is 10.1 Å². The number of hydrogen-bond acceptors (Lipinski definition) is 5. The molecular weight excluding hydrogens is 224 g/mol. The molecule has 0 radical (unpaired) electrons. The summed E-state index contributed by atoms with van der Waals surface area (Å²) in [5.74, 6) is 0.521. The Kier molecular flexibility index (Phi) is 3.06. The number of rotatable bonds is 3. The van der Waals surface area contributed by atoms with Gasteiger partial charge < -0.3 is 9.84 Å². The predicted octanol–water partition coefficient (Wildman–Crippen LogP) is 1.45. The van der Waals surface area contributed by atoms with Crippen molar-refractivity contribution in [3.63, 3.8) is 0 Å². The monoisotopic (exact) mass is 236 g/mol. The van der Waals surface area contributed by atoms with Crippen LogP contribution < -0.4 is 0 Å². The molecule has 0 aromatic heterocycles. The van der Waals surface area contributed by atoms with Crippen molar-refractivity contribution in [2.24, 2.45) is 4.99 Å². The standard InChI is InChI=1S/C11H12N2O4/c1-7-12-10(6-14)11(17-7)8-2-4-9(5-3-8)13(15)16/h2-5,10-11,14H,6H2,1H3. The Balaban J connectivity index is 2.21. The molecule has 1 aliphatic heterocycles. The zero-order valence-corrected chi connectivity index (χ0v) is 9.24. The van der Waals surface area contributed by atoms with Crippen LogP contribution in [0.2, 0.25) is 0 Å². The zero-order chi connectivity index (χ0) is 12.4. The van der Waals surface area contributed by atoms with E-state index in [1.807, 2.05) is 0 Å². The predicted molar refractivity (Wildman–Crippen MR) is 60.9 cm³/mol. The number of aliphatic imine (C=N–C) groups is 1. The number of ether oxygens (including phenoxy) is 1. The van der Waals surface area contributed by atoms with E-state index in [4.69, 9.17) is 9.84 Å². The Morgan fingerprint density at radius 2 is 2.12 bits per heavy atom. The van der Waals surface area contributed by atoms with Crippen LogP contribution in [0.25, 0.3) is 0 Å². The van der Waals surface area contributed by atoms with Gasteiger partial charge in [-0.1, -0.05) is 0 Å². The summed E-state index contributed by atoms with van der Waals surface area (Å²) in [6.45, 7) is 1.60. The van der Waals surface area contributed by atoms with Gasteiger partial charge in [0, 0.05) is 19.1 Å². The first-order valence-electron chi connectivity index (χ1n) is 5.18. The Morgan fingerprint density at radius 1 is 1.47 bits per heavy atom. The van der Waals surface area contributed by atoms with Crippen molar-refractivity contribution in [2.75, 3.05) is 6.61 Å². The van der Waals surface area contributed by atoms with Crippen LogP contribution >= 0.6 is 0 Å². The maximum absolute atomic E-state index is 10.5. The van der Waals surface area contributed by atoms with Gasteiger partial charge in [0.25, 0.3) is 5.69 Å². The molecule has 0 amide bonds. The van der Waals surface area contributed by atoms with Crippen molar-refractivity contribution in [3.8, 4) is 0 Å². The molecule has 1 N–H and O–H groups in total. The second-order valence-electron chi connectivity index (χ2n) is 3.79. The smallest absolute Gasteiger partial charge is 0.269 e. The van der Waals surface area contributed by atoms with Gasteiger partial charge in [-0.25, -0.2) is 4.99 Å². The molecule has 0 saturated heterocycles. The topological polar surface area (TPSA) is 85.0 Å². The summed E-state index contributed by atoms with van der Waals surface area (Å²) in [5, 5.41) is 19.7. The summed E-state index contributed by atoms with van der Waals surface area (Å²) >= 11 is 0. The Hall–Kier alpha value is -1.95. The molecule has 2 rings (SSSR count). The molecule has 0 saturated carbocycles. The van der Waals surface area contributed by atoms with E-state index < -0.39 is 4.92 Å². The molecule has 1 aliphatic rings. The van der Waals surface area contributed by atoms with Crippen molar-refractivity contribution in [3.05, 3.63) is 39.9 Å². The van der Waals surface area contributed by atoms with Gasteiger partial charge in [0.05, 0.1) is 11.5 Å². The molecule has 6 nitrogen and oxygen atoms in total. The highest BCUT2D eigenvalue weighted by atomic mass is 16.6. The molecule has 0 fully saturated rings. The minimum atomic E-state index is -0.454. The highest BCUT2D eigenvalue weighted by Gasteiger charge is 2.30. The van der Waals surface area contributed by atoms with Gasteiger partial charge in [-0.3, -0.25) is 10.1 Å². The fourth-order valence-electron chi connectivity index (χ4n) is 1.81. The van der Waals surface area contributed by atoms with E-state index in [2.05, 4.69) is 4.99 Å². The Bertz CT molecular complexity index is 455. The molecule has 1 heterocycles. The molecule has 6 heteroatoms. The van der Waals surface area contributed by atoms with Gasteiger partial charge in [-0.15, -0.1) is 0 Å². The van der Waals surface area contributed by atoms with Gasteiger partial charge in [-0.2, -0.15) is 0 Å². The van der Waals surface area contributed by atoms with Crippen LogP contribution in [0.5, 0.6) is 0 Å². The van der Waals surface area contributed by atoms with Gasteiger partial charge in [0.1, 0.15) is 12.1 Å². The second-order valence-corrected chi connectivity index (χ2v) is 3.79. The Morgan fingerprint density at radius 3 is 2.65 bits per heavy atom. The molecule has 1 aromatic rings. The normalized spacial score (nSPS) is 23.1. The summed E-state index contributed by atoms with van der Waals surface area (Å²) in [7, 11) is 0. The number of non-ortho nitro benzene ring substituents is 1. The number of nitro groups is 1. The van der Waals surface area contributed by atoms with Crippen molar-refractivity contribution >= 4 is 11.6 Å². The van der Waals surface area contributed by atoms with Crippen LogP contribution in [0.1, 0.15) is 18.6 Å². The second kappa shape index (κ2) is 4.50. The molecule has 0 aliphatic carbocycles. The average Bonchev–Trinajstić information content (AvgIpc) is 2.70. The molecule has 2 atom stereocenters. The third-order valence-electron chi connectivity index (χ3n) is 2.61. The first kappa shape index (κ1) is 11.5. The lowest BCUT2D eigenvalue weighted by molar-refractivity contribution is -0.384. The summed E-state index contributed by atoms with van der Waals surface area (Å²) in [5.41, 5.74) is 0.806. The highest BCUT2D eigenvalue weighted by Crippen LogP contribution is 2.29. The molecule has 90 valence electrons. The summed E-state index contributed by atoms with van der Waals surface area (Å²) in [6, 6.07) is 5.75. The fourth-order valence-corrected chi connectivity index (χ4v) is 1.81. The van der Waals surface area contributed by atoms with Crippen LogP contribution in [0.4, 0.5) is 5.69 Å². The van der Waals surface area contributed by atoms with Gasteiger partial charge in [-0.05, 0) is 17.7 Å². The summed E-state index contributed by atoms with van der Waals surface area (Å²) in [6.07, 6.45) is -0.360. The average molecular weight is 236 g/mol. The number of aliphatic hydroxyl groups is 1. The third-order valence-corrected chi connectivity index (χ3v) is 2.61. The van der Waals surface area contributed by atoms with Gasteiger partial charge in [0.15, 0.2) is 5.90 Å². The quantitative estimate of drug-likeness (QED) is 0.635. The van der Waals surface area contributed by atoms with E-state index in [9.17, 15) is 10.1 Å². The van der Waals surface area contributed by atoms with Crippen molar-refractivity contribution in [2.45, 2.75) is 19.1 Å². The van der Waals surface area contributed by atoms with E-state index in [-0.39, 0.29) is 24.4 Å². The number of benzene rings is 1. The molecule has 0 bridgehead atoms. The number of aliphatic hydroxyl groups excluding tert-OH is 1. The van der Waals surface area contributed by atoms with Crippen LogP contribution in [0.3, 0.4) is 0 Å².